The van der Waals surface area contributed by atoms with Gasteiger partial charge < -0.3 is 14.8 Å². The number of benzene rings is 1. The maximum absolute atomic E-state index is 13.3. The van der Waals surface area contributed by atoms with E-state index < -0.39 is 11.5 Å². The maximum Gasteiger partial charge on any atom is 0.269 e. The first-order chi connectivity index (χ1) is 15.8. The molecular formula is C25H26N4O4. The number of methoxy groups -OCH3 is 1. The third-order valence-corrected chi connectivity index (χ3v) is 5.05. The monoisotopic (exact) mass is 446 g/mol. The number of nitrogens with zero attached hydrogens (tertiary/aromatic N) is 3. The quantitative estimate of drug-likeness (QED) is 0.323. The van der Waals surface area contributed by atoms with Crippen molar-refractivity contribution in [3.8, 4) is 17.7 Å². The number of amides is 1. The highest BCUT2D eigenvalue weighted by atomic mass is 16.5. The number of carbonyl (C=O) groups excluding carboxylic acids is 1. The van der Waals surface area contributed by atoms with Gasteiger partial charge in [-0.3, -0.25) is 14.0 Å². The van der Waals surface area contributed by atoms with Crippen LogP contribution in [0.1, 0.15) is 28.7 Å². The fraction of sp³-hybridized carbons (Fsp3) is 0.280. The molecule has 0 atom stereocenters. The van der Waals surface area contributed by atoms with Gasteiger partial charge in [0.15, 0.2) is 0 Å². The molecule has 2 heterocycles. The fourth-order valence-electron chi connectivity index (χ4n) is 3.32. The molecule has 0 bridgehead atoms. The standard InChI is InChI=1S/C25H26N4O4/c1-16-8-9-21(18(3)13-16)33-24-20(14-19(15-26)23(30)27-10-6-12-32-4)25(31)29-11-5-7-17(2)22(29)28-24/h5,7-9,11,13-14H,6,10,12H2,1-4H3,(H,27,30)/b19-14+. The molecule has 3 aromatic rings. The van der Waals surface area contributed by atoms with Crippen LogP contribution in [0.5, 0.6) is 11.6 Å². The summed E-state index contributed by atoms with van der Waals surface area (Å²) in [4.78, 5) is 30.4. The number of nitriles is 1. The van der Waals surface area contributed by atoms with Crippen LogP contribution in [0.4, 0.5) is 0 Å². The zero-order valence-electron chi connectivity index (χ0n) is 19.1. The van der Waals surface area contributed by atoms with Gasteiger partial charge in [0.1, 0.15) is 28.6 Å². The van der Waals surface area contributed by atoms with Crippen molar-refractivity contribution in [2.75, 3.05) is 20.3 Å². The second kappa shape index (κ2) is 10.6. The van der Waals surface area contributed by atoms with Gasteiger partial charge >= 0.3 is 0 Å². The van der Waals surface area contributed by atoms with Gasteiger partial charge in [-0.1, -0.05) is 23.8 Å². The first kappa shape index (κ1) is 23.7. The summed E-state index contributed by atoms with van der Waals surface area (Å²) in [5.41, 5.74) is 2.51. The number of aryl methyl sites for hydroxylation is 3. The van der Waals surface area contributed by atoms with Crippen molar-refractivity contribution in [3.05, 3.63) is 74.7 Å². The molecule has 0 fully saturated rings. The minimum atomic E-state index is -0.584. The van der Waals surface area contributed by atoms with Crippen LogP contribution in [0.15, 0.2) is 46.9 Å². The first-order valence-corrected chi connectivity index (χ1v) is 10.5. The molecule has 3 rings (SSSR count). The van der Waals surface area contributed by atoms with Crippen LogP contribution >= 0.6 is 0 Å². The molecule has 0 saturated carbocycles. The SMILES string of the molecule is COCCCNC(=O)/C(C#N)=C/c1c(Oc2ccc(C)cc2C)nc2c(C)cccn2c1=O. The molecule has 0 aliphatic rings. The van der Waals surface area contributed by atoms with Crippen LogP contribution < -0.4 is 15.6 Å². The predicted molar refractivity (Wildman–Crippen MR) is 125 cm³/mol. The van der Waals surface area contributed by atoms with Gasteiger partial charge in [0, 0.05) is 26.5 Å². The summed E-state index contributed by atoms with van der Waals surface area (Å²) < 4.78 is 12.4. The van der Waals surface area contributed by atoms with Crippen molar-refractivity contribution >= 4 is 17.6 Å². The van der Waals surface area contributed by atoms with Crippen LogP contribution in [-0.4, -0.2) is 35.6 Å². The number of nitrogens with one attached hydrogen (secondary N) is 1. The molecule has 8 nitrogen and oxygen atoms in total. The van der Waals surface area contributed by atoms with E-state index in [1.54, 1.807) is 25.4 Å². The van der Waals surface area contributed by atoms with Crippen LogP contribution in [0.3, 0.4) is 0 Å². The molecule has 2 aromatic heterocycles. The number of hydrogen-bond acceptors (Lipinski definition) is 6. The minimum Gasteiger partial charge on any atom is -0.438 e. The molecule has 1 amide bonds. The number of hydrogen-bond donors (Lipinski definition) is 1. The second-order valence-corrected chi connectivity index (χ2v) is 7.66. The number of pyridine rings is 1. The maximum atomic E-state index is 13.3. The van der Waals surface area contributed by atoms with Crippen molar-refractivity contribution in [2.24, 2.45) is 0 Å². The van der Waals surface area contributed by atoms with Crippen molar-refractivity contribution in [3.63, 3.8) is 0 Å². The Hall–Kier alpha value is -3.96. The minimum absolute atomic E-state index is 0.0154. The second-order valence-electron chi connectivity index (χ2n) is 7.66. The van der Waals surface area contributed by atoms with E-state index in [4.69, 9.17) is 9.47 Å². The number of rotatable bonds is 8. The Morgan fingerprint density at radius 3 is 2.73 bits per heavy atom. The number of aromatic nitrogens is 2. The van der Waals surface area contributed by atoms with Crippen LogP contribution in [0.2, 0.25) is 0 Å². The number of ether oxygens (including phenoxy) is 2. The average Bonchev–Trinajstić information content (AvgIpc) is 2.79. The predicted octanol–water partition coefficient (Wildman–Crippen LogP) is 3.47. The summed E-state index contributed by atoms with van der Waals surface area (Å²) in [6, 6.07) is 11.1. The number of fused-ring (bicyclic) bond motifs is 1. The van der Waals surface area contributed by atoms with Crippen LogP contribution in [-0.2, 0) is 9.53 Å². The Bertz CT molecular complexity index is 1320. The molecule has 0 saturated heterocycles. The normalized spacial score (nSPS) is 11.3. The Balaban J connectivity index is 2.12. The van der Waals surface area contributed by atoms with Crippen molar-refractivity contribution < 1.29 is 14.3 Å². The van der Waals surface area contributed by atoms with E-state index in [1.165, 1.54) is 10.5 Å². The van der Waals surface area contributed by atoms with E-state index in [0.29, 0.717) is 31.0 Å². The van der Waals surface area contributed by atoms with Gasteiger partial charge in [-0.15, -0.1) is 0 Å². The molecule has 0 radical (unpaired) electrons. The molecule has 0 spiro atoms. The van der Waals surface area contributed by atoms with Gasteiger partial charge in [0.2, 0.25) is 5.88 Å². The van der Waals surface area contributed by atoms with Crippen molar-refractivity contribution in [2.45, 2.75) is 27.2 Å². The zero-order chi connectivity index (χ0) is 24.0. The Labute approximate surface area is 192 Å². The topological polar surface area (TPSA) is 106 Å². The lowest BCUT2D eigenvalue weighted by Gasteiger charge is -2.13. The van der Waals surface area contributed by atoms with Gasteiger partial charge in [0.25, 0.3) is 11.5 Å². The van der Waals surface area contributed by atoms with Crippen molar-refractivity contribution in [1.29, 1.82) is 5.26 Å². The zero-order valence-corrected chi connectivity index (χ0v) is 19.1. The van der Waals surface area contributed by atoms with Gasteiger partial charge in [-0.25, -0.2) is 0 Å². The Kier molecular flexibility index (Phi) is 7.59. The molecule has 33 heavy (non-hydrogen) atoms. The summed E-state index contributed by atoms with van der Waals surface area (Å²) in [5, 5.41) is 12.2. The van der Waals surface area contributed by atoms with E-state index in [-0.39, 0.29) is 17.0 Å². The summed E-state index contributed by atoms with van der Waals surface area (Å²) in [6.07, 6.45) is 3.42. The smallest absolute Gasteiger partial charge is 0.269 e. The van der Waals surface area contributed by atoms with E-state index in [9.17, 15) is 14.9 Å². The van der Waals surface area contributed by atoms with Gasteiger partial charge in [-0.2, -0.15) is 10.2 Å². The molecule has 0 unspecified atom stereocenters. The van der Waals surface area contributed by atoms with E-state index in [2.05, 4.69) is 10.3 Å². The summed E-state index contributed by atoms with van der Waals surface area (Å²) in [7, 11) is 1.57. The highest BCUT2D eigenvalue weighted by Crippen LogP contribution is 2.27. The van der Waals surface area contributed by atoms with Crippen LogP contribution in [0, 0.1) is 32.1 Å². The summed E-state index contributed by atoms with van der Waals surface area (Å²) >= 11 is 0. The lowest BCUT2D eigenvalue weighted by atomic mass is 10.1. The molecule has 8 heteroatoms. The summed E-state index contributed by atoms with van der Waals surface area (Å²) in [5.74, 6) is -0.0244. The van der Waals surface area contributed by atoms with E-state index >= 15 is 0 Å². The lowest BCUT2D eigenvalue weighted by molar-refractivity contribution is -0.117. The molecule has 1 aromatic carbocycles. The number of carbonyl (C=O) groups is 1. The largest absolute Gasteiger partial charge is 0.438 e. The fourth-order valence-corrected chi connectivity index (χ4v) is 3.32. The molecule has 0 aliphatic carbocycles. The Morgan fingerprint density at radius 1 is 1.24 bits per heavy atom. The molecule has 170 valence electrons. The van der Waals surface area contributed by atoms with Gasteiger partial charge in [-0.05, 0) is 56.5 Å². The first-order valence-electron chi connectivity index (χ1n) is 10.5. The van der Waals surface area contributed by atoms with E-state index in [0.717, 1.165) is 16.7 Å². The van der Waals surface area contributed by atoms with Gasteiger partial charge in [0.05, 0.1) is 0 Å². The van der Waals surface area contributed by atoms with Crippen molar-refractivity contribution in [1.82, 2.24) is 14.7 Å². The highest BCUT2D eigenvalue weighted by Gasteiger charge is 2.18. The molecular weight excluding hydrogens is 420 g/mol. The van der Waals surface area contributed by atoms with Crippen LogP contribution in [0.25, 0.3) is 11.7 Å². The average molecular weight is 447 g/mol. The third kappa shape index (κ3) is 5.45. The lowest BCUT2D eigenvalue weighted by Crippen LogP contribution is -2.27. The third-order valence-electron chi connectivity index (χ3n) is 5.05. The summed E-state index contributed by atoms with van der Waals surface area (Å²) in [6.45, 7) is 6.53. The van der Waals surface area contributed by atoms with E-state index in [1.807, 2.05) is 45.0 Å². The highest BCUT2D eigenvalue weighted by molar-refractivity contribution is 6.01. The Morgan fingerprint density at radius 2 is 2.03 bits per heavy atom. The molecule has 1 N–H and O–H groups in total. The molecule has 0 aliphatic heterocycles.